The quantitative estimate of drug-likeness (QED) is 0.0572. The summed E-state index contributed by atoms with van der Waals surface area (Å²) >= 11 is 0. The number of hydrogen-bond donors (Lipinski definition) is 3. The van der Waals surface area contributed by atoms with E-state index in [0.29, 0.717) is 22.8 Å². The molecule has 0 saturated carbocycles. The zero-order chi connectivity index (χ0) is 51.1. The summed E-state index contributed by atoms with van der Waals surface area (Å²) < 4.78 is 0. The Kier molecular flexibility index (Phi) is 34.4. The highest BCUT2D eigenvalue weighted by Crippen LogP contribution is 2.30. The lowest BCUT2D eigenvalue weighted by Crippen LogP contribution is -2.32. The van der Waals surface area contributed by atoms with E-state index >= 15 is 0 Å². The van der Waals surface area contributed by atoms with Crippen molar-refractivity contribution in [3.8, 4) is 11.5 Å². The molecular weight excluding hydrogens is 841 g/mol. The van der Waals surface area contributed by atoms with Crippen LogP contribution in [0.1, 0.15) is 300 Å². The molecule has 0 amide bonds. The predicted molar refractivity (Wildman–Crippen MR) is 307 cm³/mol. The minimum atomic E-state index is -0.601. The van der Waals surface area contributed by atoms with Gasteiger partial charge in [0.15, 0.2) is 0 Å². The van der Waals surface area contributed by atoms with Gasteiger partial charge < -0.3 is 15.3 Å². The largest absolute Gasteiger partial charge is 0.507 e. The molecule has 3 nitrogen and oxygen atoms in total. The van der Waals surface area contributed by atoms with Crippen LogP contribution in [0.4, 0.5) is 0 Å². The Morgan fingerprint density at radius 2 is 0.609 bits per heavy atom. The zero-order valence-electron chi connectivity index (χ0n) is 48.8. The number of rotatable bonds is 43. The van der Waals surface area contributed by atoms with Gasteiger partial charge in [-0.3, -0.25) is 0 Å². The van der Waals surface area contributed by atoms with Crippen LogP contribution >= 0.6 is 0 Å². The summed E-state index contributed by atoms with van der Waals surface area (Å²) in [5.41, 5.74) is 1.62. The van der Waals surface area contributed by atoms with Crippen molar-refractivity contribution < 1.29 is 15.3 Å². The first-order valence-corrected chi connectivity index (χ1v) is 30.8. The van der Waals surface area contributed by atoms with Crippen molar-refractivity contribution in [2.75, 3.05) is 0 Å². The van der Waals surface area contributed by atoms with E-state index in [1.165, 1.54) is 193 Å². The van der Waals surface area contributed by atoms with Crippen molar-refractivity contribution in [3.05, 3.63) is 21.6 Å². The maximum absolute atomic E-state index is 11.0. The minimum absolute atomic E-state index is 0.241. The van der Waals surface area contributed by atoms with Crippen LogP contribution in [0.5, 0.6) is 11.5 Å². The summed E-state index contributed by atoms with van der Waals surface area (Å²) in [6, 6.07) is 0. The number of aliphatic hydroxyl groups excluding tert-OH is 1. The summed E-state index contributed by atoms with van der Waals surface area (Å²) in [5, 5.41) is 33.1. The number of aliphatic hydroxyl groups is 1. The molecule has 0 fully saturated rings. The van der Waals surface area contributed by atoms with Gasteiger partial charge in [0, 0.05) is 16.0 Å². The first kappa shape index (κ1) is 63.6. The topological polar surface area (TPSA) is 60.7 Å². The Bertz CT molecular complexity index is 1540. The van der Waals surface area contributed by atoms with Gasteiger partial charge in [-0.1, -0.05) is 282 Å². The highest BCUT2D eigenvalue weighted by molar-refractivity contribution is 5.57. The Balaban J connectivity index is 1.40. The van der Waals surface area contributed by atoms with Crippen molar-refractivity contribution >= 4 is 12.2 Å². The van der Waals surface area contributed by atoms with E-state index in [-0.39, 0.29) is 11.5 Å². The molecule has 0 bridgehead atoms. The number of aromatic hydroxyl groups is 2. The van der Waals surface area contributed by atoms with Gasteiger partial charge in [-0.2, -0.15) is 0 Å². The average molecular weight is 964 g/mol. The van der Waals surface area contributed by atoms with Crippen LogP contribution in [0.2, 0.25) is 0 Å². The molecule has 11 atom stereocenters. The van der Waals surface area contributed by atoms with Crippen molar-refractivity contribution in [2.24, 2.45) is 65.1 Å². The molecule has 0 radical (unpaired) electrons. The standard InChI is InChI=1S/C66H122O3/c1-49(2)24-14-25-50(3)26-15-27-51(4)28-16-29-52(5)30-17-31-53(6)32-18-33-54(7)34-19-35-55(8)36-20-37-56(9)38-21-39-57(10)40-22-41-58(11)42-23-43-59(12)44-46-62-60(13)65(68)63-47-45-61(67)48-64(63)66(62)69/h47-59,61,67-69H,14-46H2,1-13H3/t50?,51?,52?,53?,54?,55?,56?,57?,58?,59?,61-/m0/s1. The molecule has 1 aliphatic carbocycles. The fourth-order valence-electron chi connectivity index (χ4n) is 12.2. The lowest BCUT2D eigenvalue weighted by molar-refractivity contribution is 0.244. The van der Waals surface area contributed by atoms with E-state index in [2.05, 4.69) is 83.1 Å². The molecule has 10 unspecified atom stereocenters. The average Bonchev–Trinajstić information content (AvgIpc) is 3.28. The molecule has 0 aliphatic heterocycles. The zero-order valence-corrected chi connectivity index (χ0v) is 48.8. The second-order valence-electron chi connectivity index (χ2n) is 26.1. The lowest BCUT2D eigenvalue weighted by atomic mass is 9.88. The molecule has 0 saturated heterocycles. The van der Waals surface area contributed by atoms with Crippen LogP contribution < -0.4 is 10.4 Å². The van der Waals surface area contributed by atoms with Crippen LogP contribution in [0.15, 0.2) is 0 Å². The molecule has 2 rings (SSSR count). The lowest BCUT2D eigenvalue weighted by Gasteiger charge is -2.18. The molecule has 3 heteroatoms. The van der Waals surface area contributed by atoms with Crippen LogP contribution in [-0.2, 0) is 6.42 Å². The SMILES string of the molecule is Cc1c(CCC(C)CCCC(C)CCCC(C)CCCC(C)CCCC(C)CCCC(C)CCCC(C)CCCC(C)CCCC(C)CCCC(C)CCCC(C)C)c(O)c2c(c1O)=CC[C@H](O)C=2. The van der Waals surface area contributed by atoms with Crippen LogP contribution in [0, 0.1) is 72.0 Å². The maximum Gasteiger partial charge on any atom is 0.126 e. The van der Waals surface area contributed by atoms with Crippen molar-refractivity contribution in [2.45, 2.75) is 308 Å². The summed E-state index contributed by atoms with van der Waals surface area (Å²) in [7, 11) is 0. The highest BCUT2D eigenvalue weighted by atomic mass is 16.3. The van der Waals surface area contributed by atoms with E-state index in [9.17, 15) is 15.3 Å². The Morgan fingerprint density at radius 3 is 0.870 bits per heavy atom. The molecule has 0 spiro atoms. The molecule has 0 aromatic heterocycles. The second kappa shape index (κ2) is 37.3. The molecule has 1 aromatic carbocycles. The molecule has 404 valence electrons. The molecule has 3 N–H and O–H groups in total. The molecule has 0 heterocycles. The van der Waals surface area contributed by atoms with Gasteiger partial charge in [0.25, 0.3) is 0 Å². The maximum atomic E-state index is 11.0. The Hall–Kier alpha value is -1.48. The van der Waals surface area contributed by atoms with Crippen molar-refractivity contribution in [1.29, 1.82) is 0 Å². The number of benzene rings is 1. The summed E-state index contributed by atoms with van der Waals surface area (Å²) in [4.78, 5) is 0. The Labute approximate surface area is 431 Å². The highest BCUT2D eigenvalue weighted by Gasteiger charge is 2.19. The molecule has 1 aliphatic rings. The van der Waals surface area contributed by atoms with Gasteiger partial charge in [0.1, 0.15) is 11.5 Å². The molecule has 1 aromatic rings. The van der Waals surface area contributed by atoms with E-state index in [4.69, 9.17) is 0 Å². The van der Waals surface area contributed by atoms with Crippen LogP contribution in [0.3, 0.4) is 0 Å². The number of phenolic OH excluding ortho intramolecular Hbond substituents is 2. The minimum Gasteiger partial charge on any atom is -0.507 e. The second-order valence-corrected chi connectivity index (χ2v) is 26.1. The van der Waals surface area contributed by atoms with Gasteiger partial charge in [-0.15, -0.1) is 0 Å². The number of fused-ring (bicyclic) bond motifs is 1. The smallest absolute Gasteiger partial charge is 0.126 e. The third kappa shape index (κ3) is 29.7. The summed E-state index contributed by atoms with van der Waals surface area (Å²) in [6.07, 6.45) is 47.4. The van der Waals surface area contributed by atoms with E-state index in [1.54, 1.807) is 6.08 Å². The third-order valence-corrected chi connectivity index (χ3v) is 17.7. The first-order chi connectivity index (χ1) is 32.9. The van der Waals surface area contributed by atoms with Crippen molar-refractivity contribution in [1.82, 2.24) is 0 Å². The van der Waals surface area contributed by atoms with Crippen molar-refractivity contribution in [3.63, 3.8) is 0 Å². The van der Waals surface area contributed by atoms with E-state index in [0.717, 1.165) is 83.1 Å². The van der Waals surface area contributed by atoms with Crippen LogP contribution in [0.25, 0.3) is 12.2 Å². The fourth-order valence-corrected chi connectivity index (χ4v) is 12.2. The van der Waals surface area contributed by atoms with E-state index < -0.39 is 6.10 Å². The first-order valence-electron chi connectivity index (χ1n) is 30.8. The summed E-state index contributed by atoms with van der Waals surface area (Å²) in [5.74, 6) is 9.89. The number of hydrogen-bond acceptors (Lipinski definition) is 3. The fraction of sp³-hybridized carbons (Fsp3) is 0.879. The van der Waals surface area contributed by atoms with Gasteiger partial charge in [0.05, 0.1) is 6.10 Å². The normalized spacial score (nSPS) is 18.4. The third-order valence-electron chi connectivity index (χ3n) is 17.7. The van der Waals surface area contributed by atoms with Gasteiger partial charge in [-0.25, -0.2) is 0 Å². The summed E-state index contributed by atoms with van der Waals surface area (Å²) in [6.45, 7) is 31.5. The van der Waals surface area contributed by atoms with Gasteiger partial charge in [-0.05, 0) is 103 Å². The van der Waals surface area contributed by atoms with Crippen LogP contribution in [-0.4, -0.2) is 21.4 Å². The van der Waals surface area contributed by atoms with Gasteiger partial charge >= 0.3 is 0 Å². The Morgan fingerprint density at radius 1 is 0.362 bits per heavy atom. The monoisotopic (exact) mass is 963 g/mol. The molecule has 69 heavy (non-hydrogen) atoms. The predicted octanol–water partition coefficient (Wildman–Crippen LogP) is 19.4. The number of phenols is 2. The van der Waals surface area contributed by atoms with Gasteiger partial charge in [0.2, 0.25) is 0 Å². The molecular formula is C66H122O3. The van der Waals surface area contributed by atoms with E-state index in [1.807, 2.05) is 13.0 Å².